The van der Waals surface area contributed by atoms with Gasteiger partial charge in [0.05, 0.1) is 21.8 Å². The maximum Gasteiger partial charge on any atom is 0.248 e. The van der Waals surface area contributed by atoms with Crippen molar-refractivity contribution in [2.45, 2.75) is 26.2 Å². The van der Waals surface area contributed by atoms with Crippen molar-refractivity contribution in [1.29, 1.82) is 7.93 Å². The molecule has 17 heteroatoms. The molecule has 0 saturated carbocycles. The minimum atomic E-state index is -0.167. The van der Waals surface area contributed by atoms with Gasteiger partial charge in [-0.1, -0.05) is 294 Å². The second-order valence-electron chi connectivity index (χ2n) is 31.4. The summed E-state index contributed by atoms with van der Waals surface area (Å²) in [5.74, 6) is 4.68. The van der Waals surface area contributed by atoms with Crippen LogP contribution in [0.4, 0.5) is 0 Å². The molecule has 1 atom stereocenters. The number of nitrogens with one attached hydrogen (secondary N) is 1. The number of methoxy groups -OCH3 is 2. The Balaban J connectivity index is 0.000000129. The van der Waals surface area contributed by atoms with Gasteiger partial charge in [-0.05, 0) is 241 Å². The fourth-order valence-corrected chi connectivity index (χ4v) is 16.1. The van der Waals surface area contributed by atoms with Crippen LogP contribution in [0, 0.1) is 5.31 Å². The Bertz CT molecular complexity index is 7210. The summed E-state index contributed by atoms with van der Waals surface area (Å²) in [4.78, 5) is 9.09. The van der Waals surface area contributed by atoms with Crippen molar-refractivity contribution in [2.75, 3.05) is 14.2 Å². The van der Waals surface area contributed by atoms with Crippen molar-refractivity contribution < 1.29 is 22.7 Å². The fraction of sp³-hybridized carbons (Fsp3) is 0.0536. The summed E-state index contributed by atoms with van der Waals surface area (Å²) in [5.41, 5.74) is 23.4. The van der Waals surface area contributed by atoms with E-state index in [9.17, 15) is 0 Å². The first-order valence-corrected chi connectivity index (χ1v) is 42.6. The molecule has 5 heterocycles. The van der Waals surface area contributed by atoms with E-state index in [1.165, 1.54) is 99.1 Å². The van der Waals surface area contributed by atoms with Crippen LogP contribution in [0.2, 0.25) is 0 Å². The summed E-state index contributed by atoms with van der Waals surface area (Å²) in [6, 6.07) is 132. The van der Waals surface area contributed by atoms with Gasteiger partial charge in [0.1, 0.15) is 11.5 Å². The van der Waals surface area contributed by atoms with E-state index in [0.717, 1.165) is 83.1 Å². The number of hydrogen-bond donors (Lipinski definition) is 1. The van der Waals surface area contributed by atoms with Crippen LogP contribution < -0.4 is 9.47 Å². The van der Waals surface area contributed by atoms with Crippen molar-refractivity contribution in [2.24, 2.45) is 0 Å². The molecule has 5 aromatic heterocycles. The smallest absolute Gasteiger partial charge is 0.248 e. The van der Waals surface area contributed by atoms with E-state index in [1.807, 2.05) is 176 Å². The number of ether oxygens (including phenoxy) is 2. The molecule has 620 valence electrons. The molecule has 14 nitrogen and oxygen atoms in total. The van der Waals surface area contributed by atoms with Crippen molar-refractivity contribution >= 4 is 78.1 Å². The van der Waals surface area contributed by atoms with E-state index >= 15 is 0 Å². The molecule has 0 spiro atoms. The minimum absolute atomic E-state index is 0.124. The standard InChI is InChI=1S/C50H32N2.C24H22N2O.C22H14N2O.C16H14N2O3.BH2N.BH2P/c1-3-9-33(10-4-1)35-15-19-37(20-16-35)45-29-47(39-13-7-27-51-31-39)43-26-24-42-46(38-21-17-36(18-22-38)34-11-5-2-6-12-34)30-48(40-14-8-28-52-32-40)44-25-23-41(45)49(43)50(42)44;1-24(2,3)21-15-13-20(14-16-21)23-26-25-22(27-23)19-11-9-18(10-12-19)17-7-5-4-6-8-17;1-3-11-17-15(7-1)9-5-13-19(17)21-23-24-22(25-21)20-14-6-10-16-8-2-4-12-18(16)20;1-19-13-7-3-11(4-8-13)15-17-18-16(21-15)12-5-9-14(20-2)10-6-12;2*1-2/h1-32H;4-16H,1-3H3;1-14H;3-10H,1-2H3;1-2H;2H2/i;;;;1D;2D. The maximum atomic E-state index is 6.05. The molecule has 1 N–H and O–H groups in total. The summed E-state index contributed by atoms with van der Waals surface area (Å²) in [5, 5.41) is 42.9. The maximum absolute atomic E-state index is 6.05. The molecular weight excluding hydrogens is 1600 g/mol. The summed E-state index contributed by atoms with van der Waals surface area (Å²) in [7, 11) is 8.13. The predicted octanol–water partition coefficient (Wildman–Crippen LogP) is 28.5. The van der Waals surface area contributed by atoms with Gasteiger partial charge < -0.3 is 22.7 Å². The first-order valence-electron chi connectivity index (χ1n) is 43.1. The van der Waals surface area contributed by atoms with Gasteiger partial charge in [0.25, 0.3) is 0 Å². The zero-order valence-electron chi connectivity index (χ0n) is 73.5. The van der Waals surface area contributed by atoms with Crippen LogP contribution in [0.5, 0.6) is 11.5 Å². The van der Waals surface area contributed by atoms with Crippen LogP contribution in [0.1, 0.15) is 26.3 Å². The molecule has 0 bridgehead atoms. The monoisotopic (exact) mass is 1690 g/mol. The third kappa shape index (κ3) is 18.7. The molecule has 0 saturated heterocycles. The van der Waals surface area contributed by atoms with Crippen LogP contribution in [0.15, 0.2) is 420 Å². The van der Waals surface area contributed by atoms with E-state index in [-0.39, 0.29) is 14.5 Å². The Morgan fingerprint density at radius 1 is 0.295 bits per heavy atom. The largest absolute Gasteiger partial charge is 0.416 e. The molecule has 22 aromatic rings. The number of nitrogens with zero attached hydrogens (tertiary/aromatic N) is 8. The quantitative estimate of drug-likeness (QED) is 0.0581. The van der Waals surface area contributed by atoms with E-state index < -0.39 is 0 Å². The van der Waals surface area contributed by atoms with Gasteiger partial charge in [-0.3, -0.25) is 9.97 Å². The number of rotatable bonds is 15. The average molecular weight is 1690 g/mol. The normalized spacial score (nSPS) is 11.2. The van der Waals surface area contributed by atoms with Crippen LogP contribution in [0.25, 0.3) is 200 Å². The summed E-state index contributed by atoms with van der Waals surface area (Å²) >= 11 is 0. The Morgan fingerprint density at radius 3 is 0.884 bits per heavy atom. The molecule has 0 fully saturated rings. The Morgan fingerprint density at radius 2 is 0.558 bits per heavy atom. The molecule has 0 aliphatic rings. The van der Waals surface area contributed by atoms with Crippen LogP contribution in [-0.2, 0) is 5.41 Å². The molecule has 0 aliphatic heterocycles. The third-order valence-electron chi connectivity index (χ3n) is 22.7. The van der Waals surface area contributed by atoms with Crippen molar-refractivity contribution in [1.82, 2.24) is 40.6 Å². The third-order valence-corrected chi connectivity index (χ3v) is 22.7. The summed E-state index contributed by atoms with van der Waals surface area (Å²) < 4.78 is 39.7. The van der Waals surface area contributed by atoms with E-state index in [1.54, 1.807) is 14.2 Å². The topological polar surface area (TPSA) is 185 Å². The second kappa shape index (κ2) is 39.4. The predicted molar refractivity (Wildman–Crippen MR) is 531 cm³/mol. The molecule has 22 rings (SSSR count). The minimum Gasteiger partial charge on any atom is -0.416 e. The molecular formula is C112H86B2N9O5P. The van der Waals surface area contributed by atoms with Gasteiger partial charge in [-0.15, -0.1) is 30.6 Å². The van der Waals surface area contributed by atoms with Crippen LogP contribution in [0.3, 0.4) is 0 Å². The van der Waals surface area contributed by atoms with Gasteiger partial charge >= 0.3 is 14.3 Å². The van der Waals surface area contributed by atoms with Gasteiger partial charge in [0, 0.05) is 70.6 Å². The molecule has 0 aliphatic carbocycles. The summed E-state index contributed by atoms with van der Waals surface area (Å²) in [6.07, 6.45) is 7.65. The van der Waals surface area contributed by atoms with Gasteiger partial charge in [0.2, 0.25) is 35.3 Å². The first kappa shape index (κ1) is 82.6. The first-order chi connectivity index (χ1) is 64.3. The van der Waals surface area contributed by atoms with E-state index in [4.69, 9.17) is 30.7 Å². The number of hydrogen-bond acceptors (Lipinski definition) is 14. The number of benzene rings is 17. The van der Waals surface area contributed by atoms with Crippen LogP contribution in [-0.4, -0.2) is 72.6 Å². The molecule has 129 heavy (non-hydrogen) atoms. The summed E-state index contributed by atoms with van der Waals surface area (Å²) in [6.45, 7) is 6.60. The van der Waals surface area contributed by atoms with Gasteiger partial charge in [0.15, 0.2) is 0 Å². The molecule has 17 aromatic carbocycles. The van der Waals surface area contributed by atoms with Gasteiger partial charge in [-0.25, -0.2) is 0 Å². The second-order valence-corrected chi connectivity index (χ2v) is 31.4. The molecule has 0 amide bonds. The zero-order chi connectivity index (χ0) is 90.0. The van der Waals surface area contributed by atoms with Gasteiger partial charge in [-0.2, -0.15) is 9.06 Å². The molecule has 1 unspecified atom stereocenters. The van der Waals surface area contributed by atoms with Crippen molar-refractivity contribution in [3.63, 3.8) is 0 Å². The average Bonchev–Trinajstić information content (AvgIpc) is 1.26. The zero-order valence-corrected chi connectivity index (χ0v) is 72.5. The number of fused-ring (bicyclic) bond motifs is 2. The Hall–Kier alpha value is -16.0. The molecule has 2 radical (unpaired) electrons. The van der Waals surface area contributed by atoms with Crippen LogP contribution >= 0.6 is 9.06 Å². The fourth-order valence-electron chi connectivity index (χ4n) is 16.1. The van der Waals surface area contributed by atoms with E-state index in [0.29, 0.717) is 42.9 Å². The van der Waals surface area contributed by atoms with Crippen molar-refractivity contribution in [3.05, 3.63) is 413 Å². The number of pyridine rings is 2. The Labute approximate surface area is 755 Å². The number of aromatic nitrogens is 8. The Kier molecular flexibility index (Phi) is 25.3. The SMILES string of the molecule is CC(C)(C)c1ccc(-c2nnc(-c3ccc(-c4ccccc4)cc3)o2)cc1.COc1ccc(-c2nnc(-c3ccc(OC)cc3)o2)cc1.[2H]B=N.[2H]P[B].c1ccc(-c2ccc(-c3cc(-c4cccnc4)c4ccc5c(-c6ccc(-c7ccccc7)cc6)cc(-c6cccnc6)c6ccc3c4c56)cc2)cc1.c1ccc2c(-c3nnc(-c4cccc5ccccc45)o3)cccc2c1. The van der Waals surface area contributed by atoms with Crippen molar-refractivity contribution in [3.8, 4) is 158 Å². The van der Waals surface area contributed by atoms with E-state index in [2.05, 4.69) is 299 Å².